The highest BCUT2D eigenvalue weighted by atomic mass is 16.6. The van der Waals surface area contributed by atoms with Crippen molar-refractivity contribution in [2.75, 3.05) is 27.2 Å². The molecule has 1 aromatic heterocycles. The van der Waals surface area contributed by atoms with E-state index in [1.54, 1.807) is 6.26 Å². The van der Waals surface area contributed by atoms with Crippen LogP contribution >= 0.6 is 0 Å². The number of fused-ring (bicyclic) bond motifs is 5. The number of hydrogen-bond donors (Lipinski definition) is 1. The Kier molecular flexibility index (Phi) is 6.93. The van der Waals surface area contributed by atoms with Crippen molar-refractivity contribution < 1.29 is 19.1 Å². The van der Waals surface area contributed by atoms with E-state index in [2.05, 4.69) is 32.8 Å². The first-order valence-electron chi connectivity index (χ1n) is 15.5. The van der Waals surface area contributed by atoms with Gasteiger partial charge in [0.05, 0.1) is 11.9 Å². The minimum absolute atomic E-state index is 0.0132. The van der Waals surface area contributed by atoms with Gasteiger partial charge in [-0.1, -0.05) is 13.8 Å². The maximum atomic E-state index is 13.0. The third-order valence-corrected chi connectivity index (χ3v) is 12.7. The van der Waals surface area contributed by atoms with Crippen LogP contribution < -0.4 is 5.63 Å². The third kappa shape index (κ3) is 4.37. The molecule has 0 aromatic carbocycles. The topological polar surface area (TPSA) is 83.2 Å². The molecule has 1 saturated heterocycles. The lowest BCUT2D eigenvalue weighted by molar-refractivity contribution is -0.205. The van der Waals surface area contributed by atoms with Gasteiger partial charge in [-0.3, -0.25) is 0 Å². The van der Waals surface area contributed by atoms with Crippen molar-refractivity contribution >= 4 is 6.09 Å². The lowest BCUT2D eigenvalue weighted by Gasteiger charge is -2.63. The Balaban J connectivity index is 1.12. The minimum atomic E-state index is -0.688. The molecule has 7 nitrogen and oxygen atoms in total. The van der Waals surface area contributed by atoms with Crippen molar-refractivity contribution in [3.63, 3.8) is 0 Å². The number of aliphatic hydroxyl groups is 1. The van der Waals surface area contributed by atoms with Gasteiger partial charge in [0.2, 0.25) is 0 Å². The van der Waals surface area contributed by atoms with E-state index in [4.69, 9.17) is 9.15 Å². The second-order valence-corrected chi connectivity index (χ2v) is 14.3. The van der Waals surface area contributed by atoms with E-state index < -0.39 is 5.60 Å². The molecule has 1 N–H and O–H groups in total. The number of ether oxygens (including phenoxy) is 1. The maximum Gasteiger partial charge on any atom is 0.410 e. The summed E-state index contributed by atoms with van der Waals surface area (Å²) in [6, 6.07) is 3.98. The van der Waals surface area contributed by atoms with Gasteiger partial charge in [-0.05, 0) is 125 Å². The molecular formula is C32H48N2O5. The van der Waals surface area contributed by atoms with Crippen LogP contribution in [-0.2, 0) is 4.74 Å². The Morgan fingerprint density at radius 1 is 1.00 bits per heavy atom. The van der Waals surface area contributed by atoms with Crippen molar-refractivity contribution in [3.8, 4) is 0 Å². The van der Waals surface area contributed by atoms with Gasteiger partial charge in [0.15, 0.2) is 0 Å². The van der Waals surface area contributed by atoms with Crippen LogP contribution in [0.5, 0.6) is 0 Å². The highest BCUT2D eigenvalue weighted by Crippen LogP contribution is 2.70. The lowest BCUT2D eigenvalue weighted by Crippen LogP contribution is -2.62. The lowest BCUT2D eigenvalue weighted by atomic mass is 9.43. The summed E-state index contributed by atoms with van der Waals surface area (Å²) in [7, 11) is 4.24. The molecule has 7 heteroatoms. The number of carbonyl (C=O) groups is 1. The zero-order valence-corrected chi connectivity index (χ0v) is 24.4. The van der Waals surface area contributed by atoms with E-state index in [0.717, 1.165) is 89.3 Å². The molecule has 0 radical (unpaired) electrons. The fourth-order valence-electron chi connectivity index (χ4n) is 10.2. The second kappa shape index (κ2) is 9.90. The zero-order chi connectivity index (χ0) is 27.6. The Morgan fingerprint density at radius 3 is 2.46 bits per heavy atom. The van der Waals surface area contributed by atoms with Crippen LogP contribution in [0.1, 0.15) is 96.0 Å². The van der Waals surface area contributed by atoms with Crippen molar-refractivity contribution in [2.45, 2.75) is 108 Å². The number of piperidine rings is 1. The van der Waals surface area contributed by atoms with Crippen molar-refractivity contribution in [1.82, 2.24) is 9.80 Å². The number of nitrogens with zero attached hydrogens (tertiary/aromatic N) is 2. The van der Waals surface area contributed by atoms with Crippen LogP contribution in [0.4, 0.5) is 4.79 Å². The zero-order valence-electron chi connectivity index (χ0n) is 24.4. The highest BCUT2D eigenvalue weighted by Gasteiger charge is 2.67. The Labute approximate surface area is 233 Å². The van der Waals surface area contributed by atoms with Gasteiger partial charge < -0.3 is 24.1 Å². The average molecular weight is 541 g/mol. The summed E-state index contributed by atoms with van der Waals surface area (Å²) in [5, 5.41) is 12.5. The maximum absolute atomic E-state index is 13.0. The fraction of sp³-hybridized carbons (Fsp3) is 0.812. The molecule has 5 aliphatic rings. The van der Waals surface area contributed by atoms with Gasteiger partial charge in [0.25, 0.3) is 0 Å². The number of hydrogen-bond acceptors (Lipinski definition) is 6. The molecule has 0 bridgehead atoms. The van der Waals surface area contributed by atoms with Gasteiger partial charge in [-0.2, -0.15) is 0 Å². The summed E-state index contributed by atoms with van der Waals surface area (Å²) in [4.78, 5) is 28.8. The van der Waals surface area contributed by atoms with E-state index in [-0.39, 0.29) is 34.6 Å². The predicted molar refractivity (Wildman–Crippen MR) is 149 cm³/mol. The second-order valence-electron chi connectivity index (χ2n) is 14.3. The summed E-state index contributed by atoms with van der Waals surface area (Å²) >= 11 is 0. The number of rotatable bonds is 3. The van der Waals surface area contributed by atoms with Gasteiger partial charge in [0.1, 0.15) is 6.10 Å². The molecular weight excluding hydrogens is 492 g/mol. The van der Waals surface area contributed by atoms with Crippen LogP contribution in [0.15, 0.2) is 27.6 Å². The Morgan fingerprint density at radius 2 is 1.77 bits per heavy atom. The number of amides is 1. The van der Waals surface area contributed by atoms with Gasteiger partial charge in [-0.25, -0.2) is 9.59 Å². The fourth-order valence-corrected chi connectivity index (χ4v) is 10.2. The largest absolute Gasteiger partial charge is 0.446 e. The van der Waals surface area contributed by atoms with Crippen LogP contribution in [0.25, 0.3) is 0 Å². The summed E-state index contributed by atoms with van der Waals surface area (Å²) in [5.74, 6) is 1.56. The molecule has 5 fully saturated rings. The Bertz CT molecular complexity index is 1110. The third-order valence-electron chi connectivity index (χ3n) is 12.7. The van der Waals surface area contributed by atoms with Crippen LogP contribution in [0.2, 0.25) is 0 Å². The van der Waals surface area contributed by atoms with Crippen LogP contribution in [0.3, 0.4) is 0 Å². The van der Waals surface area contributed by atoms with Crippen molar-refractivity contribution in [1.29, 1.82) is 0 Å². The van der Waals surface area contributed by atoms with Crippen molar-refractivity contribution in [2.24, 2.45) is 28.6 Å². The predicted octanol–water partition coefficient (Wildman–Crippen LogP) is 5.41. The SMILES string of the molecule is CN(C)C1CCN(C(=O)OC2CCC3(C)C(CCC4C3CCC3(C)C(c5ccc(=O)oc5)CCC43O)C2)CC1. The molecule has 4 aliphatic carbocycles. The van der Waals surface area contributed by atoms with E-state index >= 15 is 0 Å². The van der Waals surface area contributed by atoms with Gasteiger partial charge >= 0.3 is 11.7 Å². The molecule has 216 valence electrons. The molecule has 0 spiro atoms. The van der Waals surface area contributed by atoms with E-state index in [1.165, 1.54) is 6.07 Å². The Hall–Kier alpha value is -1.86. The molecule has 6 rings (SSSR count). The van der Waals surface area contributed by atoms with Gasteiger partial charge in [-0.15, -0.1) is 0 Å². The molecule has 1 amide bonds. The van der Waals surface area contributed by atoms with Crippen molar-refractivity contribution in [3.05, 3.63) is 34.4 Å². The smallest absolute Gasteiger partial charge is 0.410 e. The monoisotopic (exact) mass is 540 g/mol. The summed E-state index contributed by atoms with van der Waals surface area (Å²) in [6.07, 6.45) is 12.5. The van der Waals surface area contributed by atoms with E-state index in [0.29, 0.717) is 23.8 Å². The van der Waals surface area contributed by atoms with E-state index in [9.17, 15) is 14.7 Å². The molecule has 1 aromatic rings. The molecule has 4 saturated carbocycles. The molecule has 39 heavy (non-hydrogen) atoms. The summed E-state index contributed by atoms with van der Waals surface area (Å²) < 4.78 is 11.4. The number of carbonyl (C=O) groups excluding carboxylic acids is 1. The molecule has 2 heterocycles. The quantitative estimate of drug-likeness (QED) is 0.552. The summed E-state index contributed by atoms with van der Waals surface area (Å²) in [6.45, 7) is 6.33. The van der Waals surface area contributed by atoms with Gasteiger partial charge in [0, 0.05) is 30.6 Å². The first-order valence-corrected chi connectivity index (χ1v) is 15.5. The molecule has 8 atom stereocenters. The minimum Gasteiger partial charge on any atom is -0.446 e. The standard InChI is InChI=1S/C32H48N2O5/c1-30-14-9-24(39-29(36)34-17-12-23(13-18-34)33(3)4)19-22(30)6-7-27-26(30)10-15-31(2)25(11-16-32(27,31)37)21-5-8-28(35)38-20-21/h5,8,20,22-27,37H,6-7,9-19H2,1-4H3. The summed E-state index contributed by atoms with van der Waals surface area (Å²) in [5.41, 5.74) is 0.0309. The van der Waals surface area contributed by atoms with E-state index in [1.807, 2.05) is 11.0 Å². The average Bonchev–Trinajstić information content (AvgIpc) is 3.20. The van der Waals surface area contributed by atoms with Crippen LogP contribution in [0, 0.1) is 28.6 Å². The molecule has 1 aliphatic heterocycles. The first-order chi connectivity index (χ1) is 18.5. The highest BCUT2D eigenvalue weighted by molar-refractivity contribution is 5.68. The van der Waals surface area contributed by atoms with Crippen LogP contribution in [-0.4, -0.2) is 65.9 Å². The number of likely N-dealkylation sites (tertiary alicyclic amines) is 1. The normalized spacial score (nSPS) is 42.5. The molecule has 8 unspecified atom stereocenters. The first kappa shape index (κ1) is 27.3.